The summed E-state index contributed by atoms with van der Waals surface area (Å²) in [5.74, 6) is 0.397. The molecule has 2 aliphatic rings. The molecule has 2 aliphatic carbocycles. The van der Waals surface area contributed by atoms with Crippen LogP contribution in [-0.4, -0.2) is 24.3 Å². The summed E-state index contributed by atoms with van der Waals surface area (Å²) in [6.07, 6.45) is 19.2. The molecule has 0 bridgehead atoms. The van der Waals surface area contributed by atoms with E-state index >= 15 is 0 Å². The summed E-state index contributed by atoms with van der Waals surface area (Å²) < 4.78 is 4.78. The van der Waals surface area contributed by atoms with Crippen molar-refractivity contribution < 1.29 is 14.6 Å². The number of aryl methyl sites for hydroxylation is 1. The predicted octanol–water partition coefficient (Wildman–Crippen LogP) is 6.47. The lowest BCUT2D eigenvalue weighted by atomic mass is 9.64. The Morgan fingerprint density at radius 1 is 1.41 bits per heavy atom. The van der Waals surface area contributed by atoms with E-state index in [0.717, 1.165) is 32.1 Å². The molecule has 0 aliphatic heterocycles. The number of ether oxygens (including phenoxy) is 1. The fourth-order valence-corrected chi connectivity index (χ4v) is 5.84. The van der Waals surface area contributed by atoms with Gasteiger partial charge in [-0.1, -0.05) is 38.0 Å². The van der Waals surface area contributed by atoms with Crippen molar-refractivity contribution in [1.82, 2.24) is 0 Å². The molecule has 160 valence electrons. The SMILES string of the molecule is CCC1(CC(O)C/C=C/C2=CCC[C@@H]2CCCc2ccc(C(=O)OC)s2)CCC1. The molecule has 3 rings (SSSR count). The average Bonchev–Trinajstić information content (AvgIpc) is 3.34. The van der Waals surface area contributed by atoms with Gasteiger partial charge in [0.15, 0.2) is 0 Å². The Labute approximate surface area is 179 Å². The summed E-state index contributed by atoms with van der Waals surface area (Å²) in [5.41, 5.74) is 1.88. The first kappa shape index (κ1) is 22.3. The lowest BCUT2D eigenvalue weighted by Gasteiger charge is -2.42. The highest BCUT2D eigenvalue weighted by Crippen LogP contribution is 2.47. The highest BCUT2D eigenvalue weighted by molar-refractivity contribution is 7.13. The highest BCUT2D eigenvalue weighted by atomic mass is 32.1. The zero-order valence-corrected chi connectivity index (χ0v) is 18.8. The second-order valence-corrected chi connectivity index (χ2v) is 10.00. The van der Waals surface area contributed by atoms with E-state index < -0.39 is 0 Å². The second kappa shape index (κ2) is 10.6. The van der Waals surface area contributed by atoms with E-state index in [1.807, 2.05) is 6.07 Å². The van der Waals surface area contributed by atoms with Crippen LogP contribution >= 0.6 is 11.3 Å². The Morgan fingerprint density at radius 2 is 2.24 bits per heavy atom. The zero-order valence-electron chi connectivity index (χ0n) is 18.0. The van der Waals surface area contributed by atoms with Gasteiger partial charge in [0.25, 0.3) is 0 Å². The molecule has 1 saturated carbocycles. The molecular formula is C25H36O3S. The van der Waals surface area contributed by atoms with Gasteiger partial charge < -0.3 is 9.84 Å². The fraction of sp³-hybridized carbons (Fsp3) is 0.640. The molecule has 1 fully saturated rings. The van der Waals surface area contributed by atoms with Crippen molar-refractivity contribution in [3.63, 3.8) is 0 Å². The van der Waals surface area contributed by atoms with E-state index in [4.69, 9.17) is 4.74 Å². The van der Waals surface area contributed by atoms with E-state index in [2.05, 4.69) is 31.2 Å². The first-order valence-electron chi connectivity index (χ1n) is 11.3. The summed E-state index contributed by atoms with van der Waals surface area (Å²) in [4.78, 5) is 13.5. The molecule has 3 nitrogen and oxygen atoms in total. The Kier molecular flexibility index (Phi) is 8.14. The maximum atomic E-state index is 11.6. The van der Waals surface area contributed by atoms with Gasteiger partial charge in [-0.3, -0.25) is 0 Å². The van der Waals surface area contributed by atoms with Crippen LogP contribution in [0, 0.1) is 11.3 Å². The molecule has 1 aromatic rings. The Bertz CT molecular complexity index is 721. The largest absolute Gasteiger partial charge is 0.465 e. The first-order chi connectivity index (χ1) is 14.0. The number of rotatable bonds is 11. The van der Waals surface area contributed by atoms with Gasteiger partial charge in [-0.25, -0.2) is 4.79 Å². The molecule has 0 aromatic carbocycles. The van der Waals surface area contributed by atoms with Crippen LogP contribution in [-0.2, 0) is 11.2 Å². The summed E-state index contributed by atoms with van der Waals surface area (Å²) in [5, 5.41) is 10.4. The van der Waals surface area contributed by atoms with Crippen molar-refractivity contribution in [3.8, 4) is 0 Å². The molecular weight excluding hydrogens is 380 g/mol. The number of aliphatic hydroxyl groups is 1. The van der Waals surface area contributed by atoms with Crippen LogP contribution in [0.25, 0.3) is 0 Å². The number of methoxy groups -OCH3 is 1. The number of carbonyl (C=O) groups excluding carboxylic acids is 1. The van der Waals surface area contributed by atoms with Crippen molar-refractivity contribution in [2.24, 2.45) is 11.3 Å². The maximum absolute atomic E-state index is 11.6. The number of esters is 1. The van der Waals surface area contributed by atoms with Crippen LogP contribution in [0.2, 0.25) is 0 Å². The Balaban J connectivity index is 1.39. The topological polar surface area (TPSA) is 46.5 Å². The van der Waals surface area contributed by atoms with Crippen LogP contribution in [0.5, 0.6) is 0 Å². The third-order valence-corrected chi connectivity index (χ3v) is 8.07. The van der Waals surface area contributed by atoms with E-state index in [-0.39, 0.29) is 12.1 Å². The van der Waals surface area contributed by atoms with Gasteiger partial charge in [0, 0.05) is 4.88 Å². The second-order valence-electron chi connectivity index (χ2n) is 8.83. The van der Waals surface area contributed by atoms with Gasteiger partial charge in [0.05, 0.1) is 13.2 Å². The first-order valence-corrected chi connectivity index (χ1v) is 12.1. The smallest absolute Gasteiger partial charge is 0.348 e. The molecule has 4 heteroatoms. The number of carbonyl (C=O) groups is 1. The van der Waals surface area contributed by atoms with Gasteiger partial charge in [-0.2, -0.15) is 0 Å². The van der Waals surface area contributed by atoms with Crippen LogP contribution in [0.15, 0.2) is 35.9 Å². The minimum Gasteiger partial charge on any atom is -0.465 e. The molecule has 2 atom stereocenters. The van der Waals surface area contributed by atoms with Crippen LogP contribution < -0.4 is 0 Å². The third-order valence-electron chi connectivity index (χ3n) is 6.94. The fourth-order valence-electron chi connectivity index (χ4n) is 4.87. The van der Waals surface area contributed by atoms with Crippen molar-refractivity contribution in [2.75, 3.05) is 7.11 Å². The summed E-state index contributed by atoms with van der Waals surface area (Å²) in [7, 11) is 1.43. The summed E-state index contributed by atoms with van der Waals surface area (Å²) in [6, 6.07) is 3.92. The Hall–Kier alpha value is -1.39. The summed E-state index contributed by atoms with van der Waals surface area (Å²) in [6.45, 7) is 2.27. The zero-order chi connectivity index (χ0) is 20.7. The monoisotopic (exact) mass is 416 g/mol. The molecule has 0 saturated heterocycles. The molecule has 0 amide bonds. The number of hydrogen-bond acceptors (Lipinski definition) is 4. The van der Waals surface area contributed by atoms with E-state index in [1.165, 1.54) is 56.1 Å². The predicted molar refractivity (Wildman–Crippen MR) is 120 cm³/mol. The van der Waals surface area contributed by atoms with Crippen LogP contribution in [0.4, 0.5) is 0 Å². The standard InChI is InChI=1S/C25H36O3S/c1-3-25(16-7-17-25)18-21(26)12-5-10-19-8-4-9-20(19)11-6-13-22-14-15-23(29-22)24(27)28-2/h5,8,10,14-15,20-21,26H,3-4,6-7,9,11-13,16-18H2,1-2H3/b10-5+/t20-,21?/m1/s1. The molecule has 1 heterocycles. The van der Waals surface area contributed by atoms with E-state index in [9.17, 15) is 9.90 Å². The molecule has 1 aromatic heterocycles. The summed E-state index contributed by atoms with van der Waals surface area (Å²) >= 11 is 1.55. The van der Waals surface area contributed by atoms with Gasteiger partial charge in [0.2, 0.25) is 0 Å². The molecule has 1 N–H and O–H groups in total. The van der Waals surface area contributed by atoms with Gasteiger partial charge in [-0.05, 0) is 86.8 Å². The Morgan fingerprint density at radius 3 is 2.93 bits per heavy atom. The molecule has 0 radical (unpaired) electrons. The third kappa shape index (κ3) is 6.05. The number of aliphatic hydroxyl groups excluding tert-OH is 1. The van der Waals surface area contributed by atoms with Gasteiger partial charge in [0.1, 0.15) is 4.88 Å². The van der Waals surface area contributed by atoms with Crippen molar-refractivity contribution in [3.05, 3.63) is 45.7 Å². The van der Waals surface area contributed by atoms with Crippen molar-refractivity contribution in [1.29, 1.82) is 0 Å². The minimum atomic E-state index is -0.239. The molecule has 0 spiro atoms. The van der Waals surface area contributed by atoms with Gasteiger partial charge in [-0.15, -0.1) is 11.3 Å². The molecule has 29 heavy (non-hydrogen) atoms. The number of allylic oxidation sites excluding steroid dienone is 3. The van der Waals surface area contributed by atoms with Gasteiger partial charge >= 0.3 is 5.97 Å². The van der Waals surface area contributed by atoms with Crippen LogP contribution in [0.3, 0.4) is 0 Å². The van der Waals surface area contributed by atoms with Crippen molar-refractivity contribution >= 4 is 17.3 Å². The number of thiophene rings is 1. The highest BCUT2D eigenvalue weighted by Gasteiger charge is 2.36. The maximum Gasteiger partial charge on any atom is 0.348 e. The van der Waals surface area contributed by atoms with Crippen LogP contribution in [0.1, 0.15) is 85.7 Å². The normalized spacial score (nSPS) is 21.8. The number of hydrogen-bond donors (Lipinski definition) is 1. The van der Waals surface area contributed by atoms with E-state index in [1.54, 1.807) is 11.3 Å². The average molecular weight is 417 g/mol. The quantitative estimate of drug-likeness (QED) is 0.420. The lowest BCUT2D eigenvalue weighted by molar-refractivity contribution is 0.0386. The lowest BCUT2D eigenvalue weighted by Crippen LogP contribution is -2.32. The minimum absolute atomic E-state index is 0.199. The van der Waals surface area contributed by atoms with Crippen molar-refractivity contribution in [2.45, 2.75) is 83.7 Å². The van der Waals surface area contributed by atoms with E-state index in [0.29, 0.717) is 16.2 Å². The molecule has 1 unspecified atom stereocenters.